The Labute approximate surface area is 160 Å². The minimum atomic E-state index is -0.515. The quantitative estimate of drug-likeness (QED) is 0.465. The Morgan fingerprint density at radius 2 is 1.57 bits per heavy atom. The van der Waals surface area contributed by atoms with Gasteiger partial charge in [-0.15, -0.1) is 0 Å². The number of primary amides is 1. The van der Waals surface area contributed by atoms with E-state index in [2.05, 4.69) is 24.3 Å². The molecule has 0 unspecified atom stereocenters. The fraction of sp³-hybridized carbons (Fsp3) is 0.0417. The number of nitrogens with zero attached hydrogens (tertiary/aromatic N) is 1. The van der Waals surface area contributed by atoms with Gasteiger partial charge in [0.15, 0.2) is 0 Å². The highest BCUT2D eigenvalue weighted by Gasteiger charge is 2.19. The van der Waals surface area contributed by atoms with Gasteiger partial charge < -0.3 is 10.3 Å². The lowest BCUT2D eigenvalue weighted by Crippen LogP contribution is -2.11. The van der Waals surface area contributed by atoms with E-state index in [1.807, 2.05) is 34.9 Å². The third-order valence-corrected chi connectivity index (χ3v) is 5.33. The van der Waals surface area contributed by atoms with Gasteiger partial charge in [0.05, 0.1) is 11.0 Å². The van der Waals surface area contributed by atoms with Crippen LogP contribution in [0.25, 0.3) is 32.6 Å². The van der Waals surface area contributed by atoms with Gasteiger partial charge in [0.2, 0.25) is 5.91 Å². The fourth-order valence-corrected chi connectivity index (χ4v) is 4.13. The second kappa shape index (κ2) is 6.20. The SMILES string of the molecule is NC(=O)c1cccc2c1c1cccc(F)c1n2Cc1cccc2ccccc12. The monoisotopic (exact) mass is 368 g/mol. The van der Waals surface area contributed by atoms with Crippen molar-refractivity contribution in [1.82, 2.24) is 4.57 Å². The summed E-state index contributed by atoms with van der Waals surface area (Å²) in [6.07, 6.45) is 0. The summed E-state index contributed by atoms with van der Waals surface area (Å²) >= 11 is 0. The van der Waals surface area contributed by atoms with Crippen LogP contribution in [-0.2, 0) is 6.54 Å². The van der Waals surface area contributed by atoms with E-state index in [-0.39, 0.29) is 5.82 Å². The summed E-state index contributed by atoms with van der Waals surface area (Å²) in [5, 5.41) is 3.66. The molecule has 28 heavy (non-hydrogen) atoms. The Morgan fingerprint density at radius 3 is 2.43 bits per heavy atom. The molecule has 0 aliphatic carbocycles. The molecule has 0 aliphatic heterocycles. The Morgan fingerprint density at radius 1 is 0.857 bits per heavy atom. The molecule has 0 fully saturated rings. The lowest BCUT2D eigenvalue weighted by Gasteiger charge is -2.11. The number of aromatic nitrogens is 1. The van der Waals surface area contributed by atoms with Gasteiger partial charge in [0.1, 0.15) is 5.82 Å². The van der Waals surface area contributed by atoms with E-state index >= 15 is 0 Å². The van der Waals surface area contributed by atoms with Crippen molar-refractivity contribution < 1.29 is 9.18 Å². The number of nitrogens with two attached hydrogens (primary N) is 1. The highest BCUT2D eigenvalue weighted by molar-refractivity contribution is 6.18. The lowest BCUT2D eigenvalue weighted by atomic mass is 10.0. The molecule has 0 radical (unpaired) electrons. The van der Waals surface area contributed by atoms with Crippen LogP contribution in [0.15, 0.2) is 78.9 Å². The van der Waals surface area contributed by atoms with Crippen molar-refractivity contribution in [1.29, 1.82) is 0 Å². The summed E-state index contributed by atoms with van der Waals surface area (Å²) in [4.78, 5) is 12.0. The molecule has 4 aromatic carbocycles. The first-order chi connectivity index (χ1) is 13.6. The van der Waals surface area contributed by atoms with Gasteiger partial charge in [0, 0.05) is 22.9 Å². The minimum Gasteiger partial charge on any atom is -0.366 e. The van der Waals surface area contributed by atoms with E-state index in [9.17, 15) is 9.18 Å². The van der Waals surface area contributed by atoms with E-state index in [1.165, 1.54) is 6.07 Å². The number of hydrogen-bond acceptors (Lipinski definition) is 1. The molecule has 0 spiro atoms. The van der Waals surface area contributed by atoms with E-state index in [1.54, 1.807) is 18.2 Å². The zero-order valence-corrected chi connectivity index (χ0v) is 15.0. The van der Waals surface area contributed by atoms with Crippen molar-refractivity contribution in [3.8, 4) is 0 Å². The van der Waals surface area contributed by atoms with Crippen molar-refractivity contribution in [3.63, 3.8) is 0 Å². The zero-order chi connectivity index (χ0) is 19.3. The van der Waals surface area contributed by atoms with Crippen LogP contribution >= 0.6 is 0 Å². The molecule has 5 aromatic rings. The molecule has 3 nitrogen and oxygen atoms in total. The van der Waals surface area contributed by atoms with Crippen LogP contribution in [0.2, 0.25) is 0 Å². The van der Waals surface area contributed by atoms with E-state index < -0.39 is 5.91 Å². The number of fused-ring (bicyclic) bond motifs is 4. The third-order valence-electron chi connectivity index (χ3n) is 5.33. The van der Waals surface area contributed by atoms with Gasteiger partial charge in [-0.2, -0.15) is 0 Å². The fourth-order valence-electron chi connectivity index (χ4n) is 4.13. The van der Waals surface area contributed by atoms with Crippen LogP contribution in [0, 0.1) is 5.82 Å². The molecule has 136 valence electrons. The maximum absolute atomic E-state index is 14.9. The Hall–Kier alpha value is -3.66. The number of amides is 1. The van der Waals surface area contributed by atoms with Crippen LogP contribution in [-0.4, -0.2) is 10.5 Å². The molecule has 1 heterocycles. The summed E-state index contributed by atoms with van der Waals surface area (Å²) in [5.74, 6) is -0.830. The standard InChI is InChI=1S/C24H17FN2O/c25-20-12-4-10-18-22-19(24(26)28)11-5-13-21(22)27(23(18)20)14-16-8-3-7-15-6-1-2-9-17(15)16/h1-13H,14H2,(H2,26,28). The summed E-state index contributed by atoms with van der Waals surface area (Å²) in [5.41, 5.74) is 8.38. The molecule has 0 atom stereocenters. The minimum absolute atomic E-state index is 0.315. The van der Waals surface area contributed by atoms with Gasteiger partial charge in [-0.1, -0.05) is 60.7 Å². The average molecular weight is 368 g/mol. The normalized spacial score (nSPS) is 11.5. The molecule has 1 amide bonds. The van der Waals surface area contributed by atoms with E-state index in [4.69, 9.17) is 5.73 Å². The highest BCUT2D eigenvalue weighted by Crippen LogP contribution is 2.34. The molecule has 0 saturated heterocycles. The molecule has 0 saturated carbocycles. The second-order valence-electron chi connectivity index (χ2n) is 6.92. The Balaban J connectivity index is 1.86. The van der Waals surface area contributed by atoms with Crippen molar-refractivity contribution in [2.45, 2.75) is 6.54 Å². The number of halogens is 1. The van der Waals surface area contributed by atoms with Crippen LogP contribution in [0.5, 0.6) is 0 Å². The number of carbonyl (C=O) groups is 1. The number of carbonyl (C=O) groups excluding carboxylic acids is 1. The van der Waals surface area contributed by atoms with Crippen molar-refractivity contribution in [3.05, 3.63) is 95.8 Å². The lowest BCUT2D eigenvalue weighted by molar-refractivity contribution is 0.100. The van der Waals surface area contributed by atoms with Crippen molar-refractivity contribution in [2.24, 2.45) is 5.73 Å². The molecule has 5 rings (SSSR count). The van der Waals surface area contributed by atoms with Crippen LogP contribution in [0.4, 0.5) is 4.39 Å². The third kappa shape index (κ3) is 2.38. The molecule has 1 aromatic heterocycles. The molecule has 0 aliphatic rings. The van der Waals surface area contributed by atoms with Gasteiger partial charge in [-0.3, -0.25) is 4.79 Å². The first-order valence-electron chi connectivity index (χ1n) is 9.11. The summed E-state index contributed by atoms with van der Waals surface area (Å²) < 4.78 is 16.8. The number of benzene rings is 4. The Kier molecular flexibility index (Phi) is 3.66. The van der Waals surface area contributed by atoms with Crippen LogP contribution in [0.1, 0.15) is 15.9 Å². The zero-order valence-electron chi connectivity index (χ0n) is 15.0. The topological polar surface area (TPSA) is 48.0 Å². The first-order valence-corrected chi connectivity index (χ1v) is 9.11. The van der Waals surface area contributed by atoms with Crippen molar-refractivity contribution in [2.75, 3.05) is 0 Å². The molecular weight excluding hydrogens is 351 g/mol. The molecule has 2 N–H and O–H groups in total. The van der Waals surface area contributed by atoms with Gasteiger partial charge in [-0.05, 0) is 34.5 Å². The van der Waals surface area contributed by atoms with Gasteiger partial charge in [-0.25, -0.2) is 4.39 Å². The number of hydrogen-bond donors (Lipinski definition) is 1. The van der Waals surface area contributed by atoms with Crippen LogP contribution in [0.3, 0.4) is 0 Å². The maximum atomic E-state index is 14.9. The van der Waals surface area contributed by atoms with E-state index in [0.29, 0.717) is 28.4 Å². The number of rotatable bonds is 3. The number of para-hydroxylation sites is 1. The largest absolute Gasteiger partial charge is 0.366 e. The molecular formula is C24H17FN2O. The maximum Gasteiger partial charge on any atom is 0.249 e. The molecule has 4 heteroatoms. The summed E-state index contributed by atoms with van der Waals surface area (Å²) in [6.45, 7) is 0.491. The van der Waals surface area contributed by atoms with Gasteiger partial charge in [0.25, 0.3) is 0 Å². The summed E-state index contributed by atoms with van der Waals surface area (Å²) in [7, 11) is 0. The van der Waals surface area contributed by atoms with Gasteiger partial charge >= 0.3 is 0 Å². The second-order valence-corrected chi connectivity index (χ2v) is 6.92. The van der Waals surface area contributed by atoms with Crippen LogP contribution < -0.4 is 5.73 Å². The van der Waals surface area contributed by atoms with Crippen molar-refractivity contribution >= 4 is 38.5 Å². The Bertz CT molecular complexity index is 1380. The molecule has 0 bridgehead atoms. The smallest absolute Gasteiger partial charge is 0.249 e. The van der Waals surface area contributed by atoms with E-state index in [0.717, 1.165) is 21.9 Å². The highest BCUT2D eigenvalue weighted by atomic mass is 19.1. The summed E-state index contributed by atoms with van der Waals surface area (Å²) in [6, 6.07) is 24.6. The predicted octanol–water partition coefficient (Wildman–Crippen LogP) is 5.23. The predicted molar refractivity (Wildman–Crippen MR) is 111 cm³/mol. The first kappa shape index (κ1) is 16.5. The average Bonchev–Trinajstić information content (AvgIpc) is 3.03.